The monoisotopic (exact) mass is 620 g/mol. The van der Waals surface area contributed by atoms with Crippen LogP contribution in [0.2, 0.25) is 0 Å². The van der Waals surface area contributed by atoms with Crippen molar-refractivity contribution < 1.29 is 4.42 Å². The number of imidazole rings is 2. The van der Waals surface area contributed by atoms with Crippen molar-refractivity contribution in [2.45, 2.75) is 39.8 Å². The Labute approximate surface area is 272 Å². The largest absolute Gasteiger partial charge is 0.456 e. The van der Waals surface area contributed by atoms with Gasteiger partial charge in [0.2, 0.25) is 0 Å². The number of fused-ring (bicyclic) bond motifs is 2. The van der Waals surface area contributed by atoms with E-state index in [4.69, 9.17) is 25.9 Å². The van der Waals surface area contributed by atoms with Crippen molar-refractivity contribution in [2.75, 3.05) is 0 Å². The average Bonchev–Trinajstić information content (AvgIpc) is 3.82. The van der Waals surface area contributed by atoms with Crippen LogP contribution in [-0.2, 0) is 0 Å². The molecule has 0 radical (unpaired) electrons. The van der Waals surface area contributed by atoms with Crippen molar-refractivity contribution in [3.05, 3.63) is 108 Å². The summed E-state index contributed by atoms with van der Waals surface area (Å²) in [5, 5.41) is 0. The molecule has 0 saturated heterocycles. The van der Waals surface area contributed by atoms with E-state index in [0.29, 0.717) is 11.7 Å². The van der Waals surface area contributed by atoms with E-state index in [9.17, 15) is 0 Å². The summed E-state index contributed by atoms with van der Waals surface area (Å²) in [7, 11) is 0. The van der Waals surface area contributed by atoms with Crippen LogP contribution in [0.5, 0.6) is 0 Å². The van der Waals surface area contributed by atoms with E-state index in [-0.39, 0.29) is 12.1 Å². The molecule has 0 aliphatic heterocycles. The number of benzene rings is 4. The van der Waals surface area contributed by atoms with Gasteiger partial charge >= 0.3 is 0 Å². The highest BCUT2D eigenvalue weighted by atomic mass is 16.3. The molecule has 0 fully saturated rings. The molecule has 0 unspecified atom stereocenters. The predicted molar refractivity (Wildman–Crippen MR) is 191 cm³/mol. The number of hydrogen-bond acceptors (Lipinski definition) is 5. The number of nitrogens with zero attached hydrogens (tertiary/aromatic N) is 4. The number of H-pyrrole nitrogens is 2. The zero-order valence-corrected chi connectivity index (χ0v) is 26.7. The molecule has 47 heavy (non-hydrogen) atoms. The second-order valence-corrected chi connectivity index (χ2v) is 12.2. The number of aromatic nitrogens is 4. The van der Waals surface area contributed by atoms with Crippen LogP contribution < -0.4 is 11.5 Å². The lowest BCUT2D eigenvalue weighted by Crippen LogP contribution is -2.15. The van der Waals surface area contributed by atoms with Crippen molar-refractivity contribution in [3.8, 4) is 45.4 Å². The number of rotatable bonds is 8. The number of aromatic amines is 2. The molecule has 234 valence electrons. The Balaban J connectivity index is 1.07. The fraction of sp³-hybridized carbons (Fsp3) is 0.158. The minimum Gasteiger partial charge on any atom is -0.456 e. The molecule has 0 aliphatic rings. The number of amidine groups is 2. The third-order valence-corrected chi connectivity index (χ3v) is 7.84. The molecule has 0 bridgehead atoms. The normalized spacial score (nSPS) is 12.6. The molecule has 0 spiro atoms. The van der Waals surface area contributed by atoms with Crippen LogP contribution in [0.4, 0.5) is 0 Å². The van der Waals surface area contributed by atoms with Crippen molar-refractivity contribution in [1.82, 2.24) is 19.9 Å². The number of aliphatic imine (C=N–C) groups is 2. The van der Waals surface area contributed by atoms with Crippen molar-refractivity contribution in [1.29, 1.82) is 0 Å². The van der Waals surface area contributed by atoms with E-state index in [1.54, 1.807) is 0 Å². The second kappa shape index (κ2) is 12.1. The summed E-state index contributed by atoms with van der Waals surface area (Å²) in [6.45, 7) is 8.02. The van der Waals surface area contributed by atoms with Crippen LogP contribution in [-0.4, -0.2) is 43.7 Å². The highest BCUT2D eigenvalue weighted by molar-refractivity contribution is 6.01. The maximum atomic E-state index is 6.28. The van der Waals surface area contributed by atoms with Gasteiger partial charge in [0, 0.05) is 45.5 Å². The average molecular weight is 621 g/mol. The molecule has 7 rings (SSSR count). The standard InChI is InChI=1S/C38H36N8O/c1-21(2)41-35(39)27-13-15-29-31(19-27)45-37(43-29)25-9-5-23(6-10-25)33-17-18-34(47-33)24-7-11-26(12-8-24)38-44-30-16-14-28(20-32(30)46-38)36(40)42-22(3)4/h5-22H,1-4H3,(H2,39,41)(H2,40,42)(H,43,45)(H,44,46). The Morgan fingerprint density at radius 3 is 1.32 bits per heavy atom. The molecule has 3 heterocycles. The van der Waals surface area contributed by atoms with Gasteiger partial charge < -0.3 is 25.9 Å². The van der Waals surface area contributed by atoms with Gasteiger partial charge in [-0.3, -0.25) is 9.98 Å². The lowest BCUT2D eigenvalue weighted by Gasteiger charge is -2.03. The summed E-state index contributed by atoms with van der Waals surface area (Å²) in [5.74, 6) is 4.21. The van der Waals surface area contributed by atoms with Gasteiger partial charge in [0.15, 0.2) is 0 Å². The van der Waals surface area contributed by atoms with Gasteiger partial charge in [0.05, 0.1) is 22.1 Å². The summed E-state index contributed by atoms with van der Waals surface area (Å²) in [6, 6.07) is 32.4. The van der Waals surface area contributed by atoms with E-state index in [2.05, 4.69) is 20.0 Å². The quantitative estimate of drug-likeness (QED) is 0.101. The predicted octanol–water partition coefficient (Wildman–Crippen LogP) is 7.93. The summed E-state index contributed by atoms with van der Waals surface area (Å²) in [6.07, 6.45) is 0. The molecule has 0 aliphatic carbocycles. The third-order valence-electron chi connectivity index (χ3n) is 7.84. The molecule has 9 nitrogen and oxygen atoms in total. The summed E-state index contributed by atoms with van der Waals surface area (Å²) in [4.78, 5) is 25.3. The molecule has 0 saturated carbocycles. The Bertz CT molecular complexity index is 2110. The first-order valence-electron chi connectivity index (χ1n) is 15.7. The Morgan fingerprint density at radius 1 is 0.553 bits per heavy atom. The Morgan fingerprint density at radius 2 is 0.936 bits per heavy atom. The summed E-state index contributed by atoms with van der Waals surface area (Å²) < 4.78 is 6.28. The van der Waals surface area contributed by atoms with E-state index in [1.165, 1.54) is 0 Å². The van der Waals surface area contributed by atoms with E-state index in [1.807, 2.05) is 125 Å². The van der Waals surface area contributed by atoms with Gasteiger partial charge in [-0.15, -0.1) is 0 Å². The van der Waals surface area contributed by atoms with Gasteiger partial charge in [-0.05, 0) is 76.2 Å². The molecule has 4 aromatic carbocycles. The van der Waals surface area contributed by atoms with Crippen LogP contribution in [0.1, 0.15) is 38.8 Å². The molecule has 6 N–H and O–H groups in total. The van der Waals surface area contributed by atoms with E-state index in [0.717, 1.165) is 78.6 Å². The van der Waals surface area contributed by atoms with Crippen LogP contribution in [0.15, 0.2) is 111 Å². The molecule has 0 atom stereocenters. The maximum Gasteiger partial charge on any atom is 0.138 e. The van der Waals surface area contributed by atoms with Crippen molar-refractivity contribution in [2.24, 2.45) is 21.5 Å². The van der Waals surface area contributed by atoms with Gasteiger partial charge in [-0.25, -0.2) is 9.97 Å². The smallest absolute Gasteiger partial charge is 0.138 e. The van der Waals surface area contributed by atoms with Crippen LogP contribution in [0, 0.1) is 0 Å². The summed E-state index contributed by atoms with van der Waals surface area (Å²) >= 11 is 0. The number of furan rings is 1. The highest BCUT2D eigenvalue weighted by Gasteiger charge is 2.12. The lowest BCUT2D eigenvalue weighted by atomic mass is 10.1. The Hall–Kier alpha value is -5.96. The van der Waals surface area contributed by atoms with Gasteiger partial charge in [0.1, 0.15) is 34.8 Å². The minimum absolute atomic E-state index is 0.132. The van der Waals surface area contributed by atoms with Gasteiger partial charge in [-0.2, -0.15) is 0 Å². The number of hydrogen-bond donors (Lipinski definition) is 4. The van der Waals surface area contributed by atoms with Crippen LogP contribution >= 0.6 is 0 Å². The molecule has 0 amide bonds. The van der Waals surface area contributed by atoms with Crippen LogP contribution in [0.3, 0.4) is 0 Å². The number of nitrogens with one attached hydrogen (secondary N) is 2. The van der Waals surface area contributed by atoms with Gasteiger partial charge in [-0.1, -0.05) is 48.5 Å². The number of nitrogens with two attached hydrogens (primary N) is 2. The molecular formula is C38H36N8O. The van der Waals surface area contributed by atoms with Crippen molar-refractivity contribution in [3.63, 3.8) is 0 Å². The fourth-order valence-corrected chi connectivity index (χ4v) is 5.55. The molecule has 9 heteroatoms. The fourth-order valence-electron chi connectivity index (χ4n) is 5.55. The maximum absolute atomic E-state index is 6.28. The van der Waals surface area contributed by atoms with Gasteiger partial charge in [0.25, 0.3) is 0 Å². The first kappa shape index (κ1) is 29.7. The SMILES string of the molecule is CC(C)N=C(N)c1ccc2nc(-c3ccc(-c4ccc(-c5ccc(-c6nc7ccc(C(N)=NC(C)C)cc7[nH]6)cc5)o4)cc3)[nH]c2c1. The molecular weight excluding hydrogens is 584 g/mol. The van der Waals surface area contributed by atoms with E-state index >= 15 is 0 Å². The Kier molecular flexibility index (Phi) is 7.65. The first-order chi connectivity index (χ1) is 22.7. The lowest BCUT2D eigenvalue weighted by molar-refractivity contribution is 0.597. The molecule has 3 aromatic heterocycles. The summed E-state index contributed by atoms with van der Waals surface area (Å²) in [5.41, 5.74) is 21.6. The minimum atomic E-state index is 0.132. The van der Waals surface area contributed by atoms with Crippen LogP contribution in [0.25, 0.3) is 67.5 Å². The highest BCUT2D eigenvalue weighted by Crippen LogP contribution is 2.32. The topological polar surface area (TPSA) is 147 Å². The zero-order valence-electron chi connectivity index (χ0n) is 26.7. The molecule has 7 aromatic rings. The van der Waals surface area contributed by atoms with Crippen molar-refractivity contribution >= 4 is 33.7 Å². The zero-order chi connectivity index (χ0) is 32.7. The third kappa shape index (κ3) is 6.15. The second-order valence-electron chi connectivity index (χ2n) is 12.2. The first-order valence-corrected chi connectivity index (χ1v) is 15.7. The van der Waals surface area contributed by atoms with E-state index < -0.39 is 0 Å².